The molecule has 0 aliphatic heterocycles. The highest BCUT2D eigenvalue weighted by molar-refractivity contribution is 7.92. The molecule has 1 N–H and O–H groups in total. The van der Waals surface area contributed by atoms with Gasteiger partial charge in [-0.25, -0.2) is 8.42 Å². The second kappa shape index (κ2) is 15.4. The first-order valence-electron chi connectivity index (χ1n) is 15.2. The number of ether oxygens (including phenoxy) is 1. The monoisotopic (exact) mass is 627 g/mol. The van der Waals surface area contributed by atoms with Gasteiger partial charge >= 0.3 is 0 Å². The molecule has 4 aromatic carbocycles. The Morgan fingerprint density at radius 1 is 0.778 bits per heavy atom. The van der Waals surface area contributed by atoms with E-state index in [-0.39, 0.29) is 23.4 Å². The summed E-state index contributed by atoms with van der Waals surface area (Å²) < 4.78 is 35.2. The third kappa shape index (κ3) is 8.51. The van der Waals surface area contributed by atoms with Gasteiger partial charge in [0.05, 0.1) is 10.6 Å². The van der Waals surface area contributed by atoms with Crippen LogP contribution in [-0.4, -0.2) is 43.8 Å². The number of benzene rings is 4. The average Bonchev–Trinajstić information content (AvgIpc) is 3.05. The molecule has 0 spiro atoms. The maximum Gasteiger partial charge on any atom is 0.264 e. The van der Waals surface area contributed by atoms with Crippen LogP contribution in [0.15, 0.2) is 114 Å². The van der Waals surface area contributed by atoms with E-state index in [4.69, 9.17) is 4.74 Å². The summed E-state index contributed by atoms with van der Waals surface area (Å²) in [6.45, 7) is 7.34. The molecule has 0 fully saturated rings. The molecular formula is C36H41N3O5S. The van der Waals surface area contributed by atoms with E-state index in [9.17, 15) is 18.0 Å². The van der Waals surface area contributed by atoms with Crippen molar-refractivity contribution in [3.8, 4) is 11.5 Å². The van der Waals surface area contributed by atoms with E-state index >= 15 is 0 Å². The van der Waals surface area contributed by atoms with Crippen LogP contribution in [0.1, 0.15) is 44.7 Å². The van der Waals surface area contributed by atoms with E-state index in [0.717, 1.165) is 21.9 Å². The van der Waals surface area contributed by atoms with Crippen LogP contribution in [0.25, 0.3) is 0 Å². The molecule has 8 nitrogen and oxygen atoms in total. The highest BCUT2D eigenvalue weighted by Crippen LogP contribution is 2.29. The first kappa shape index (κ1) is 33.3. The van der Waals surface area contributed by atoms with Crippen molar-refractivity contribution < 1.29 is 22.7 Å². The van der Waals surface area contributed by atoms with Gasteiger partial charge in [0.1, 0.15) is 24.1 Å². The van der Waals surface area contributed by atoms with Crippen LogP contribution >= 0.6 is 0 Å². The molecule has 2 amide bonds. The number of nitrogens with one attached hydrogen (secondary N) is 1. The minimum atomic E-state index is -4.17. The third-order valence-electron chi connectivity index (χ3n) is 7.70. The van der Waals surface area contributed by atoms with Crippen molar-refractivity contribution in [1.29, 1.82) is 0 Å². The van der Waals surface area contributed by atoms with Crippen molar-refractivity contribution in [3.05, 3.63) is 120 Å². The molecule has 0 saturated heterocycles. The van der Waals surface area contributed by atoms with Crippen LogP contribution in [0.3, 0.4) is 0 Å². The van der Waals surface area contributed by atoms with Crippen LogP contribution in [0, 0.1) is 6.92 Å². The fraction of sp³-hybridized carbons (Fsp3) is 0.278. The van der Waals surface area contributed by atoms with Gasteiger partial charge in [-0.3, -0.25) is 13.9 Å². The van der Waals surface area contributed by atoms with Crippen molar-refractivity contribution in [2.75, 3.05) is 10.8 Å². The van der Waals surface area contributed by atoms with E-state index < -0.39 is 28.5 Å². The van der Waals surface area contributed by atoms with Gasteiger partial charge in [0, 0.05) is 12.6 Å². The number of para-hydroxylation sites is 1. The highest BCUT2D eigenvalue weighted by Gasteiger charge is 2.34. The number of carbonyl (C=O) groups excluding carboxylic acids is 2. The van der Waals surface area contributed by atoms with Gasteiger partial charge in [0.2, 0.25) is 11.8 Å². The fourth-order valence-corrected chi connectivity index (χ4v) is 6.32. The number of hydrogen-bond donors (Lipinski definition) is 1. The zero-order chi connectivity index (χ0) is 32.4. The summed E-state index contributed by atoms with van der Waals surface area (Å²) in [6, 6.07) is 30.6. The number of rotatable bonds is 14. The van der Waals surface area contributed by atoms with Crippen molar-refractivity contribution in [3.63, 3.8) is 0 Å². The van der Waals surface area contributed by atoms with E-state index in [1.165, 1.54) is 17.0 Å². The molecule has 0 bridgehead atoms. The largest absolute Gasteiger partial charge is 0.457 e. The molecule has 45 heavy (non-hydrogen) atoms. The van der Waals surface area contributed by atoms with Gasteiger partial charge in [0.25, 0.3) is 10.0 Å². The summed E-state index contributed by atoms with van der Waals surface area (Å²) >= 11 is 0. The zero-order valence-electron chi connectivity index (χ0n) is 26.2. The molecule has 9 heteroatoms. The summed E-state index contributed by atoms with van der Waals surface area (Å²) in [5, 5.41) is 3.00. The number of sulfonamides is 1. The van der Waals surface area contributed by atoms with Gasteiger partial charge in [-0.1, -0.05) is 74.5 Å². The summed E-state index contributed by atoms with van der Waals surface area (Å²) in [7, 11) is -4.17. The van der Waals surface area contributed by atoms with E-state index in [0.29, 0.717) is 23.6 Å². The number of amides is 2. The minimum absolute atomic E-state index is 0.0504. The lowest BCUT2D eigenvalue weighted by Gasteiger charge is -2.34. The number of hydrogen-bond acceptors (Lipinski definition) is 5. The first-order valence-corrected chi connectivity index (χ1v) is 16.6. The molecule has 0 unspecified atom stereocenters. The molecule has 0 radical (unpaired) electrons. The van der Waals surface area contributed by atoms with Gasteiger partial charge in [-0.05, 0) is 86.3 Å². The smallest absolute Gasteiger partial charge is 0.264 e. The van der Waals surface area contributed by atoms with Gasteiger partial charge in [0.15, 0.2) is 0 Å². The quantitative estimate of drug-likeness (QED) is 0.168. The number of aryl methyl sites for hydroxylation is 1. The Labute approximate surface area is 266 Å². The topological polar surface area (TPSA) is 96.0 Å². The van der Waals surface area contributed by atoms with Crippen molar-refractivity contribution in [2.45, 2.75) is 64.1 Å². The SMILES string of the molecule is CC[C@H](C(=O)N[C@@H](C)CC)N(Cc1ccccc1C)C(=O)CN(c1ccc(Oc2ccccc2)cc1)S(=O)(=O)c1ccccc1. The second-order valence-electron chi connectivity index (χ2n) is 10.9. The van der Waals surface area contributed by atoms with Gasteiger partial charge < -0.3 is 15.0 Å². The Morgan fingerprint density at radius 2 is 1.36 bits per heavy atom. The first-order chi connectivity index (χ1) is 21.6. The number of carbonyl (C=O) groups is 2. The third-order valence-corrected chi connectivity index (χ3v) is 9.49. The maximum atomic E-state index is 14.3. The molecule has 236 valence electrons. The molecule has 0 aliphatic carbocycles. The lowest BCUT2D eigenvalue weighted by atomic mass is 10.1. The Kier molecular flexibility index (Phi) is 11.4. The summed E-state index contributed by atoms with van der Waals surface area (Å²) in [5.41, 5.74) is 2.14. The van der Waals surface area contributed by atoms with Crippen LogP contribution in [0.4, 0.5) is 5.69 Å². The zero-order valence-corrected chi connectivity index (χ0v) is 27.0. The number of nitrogens with zero attached hydrogens (tertiary/aromatic N) is 2. The molecular weight excluding hydrogens is 586 g/mol. The number of anilines is 1. The van der Waals surface area contributed by atoms with Crippen LogP contribution < -0.4 is 14.4 Å². The van der Waals surface area contributed by atoms with E-state index in [1.54, 1.807) is 42.5 Å². The molecule has 0 saturated carbocycles. The van der Waals surface area contributed by atoms with Crippen LogP contribution in [0.2, 0.25) is 0 Å². The van der Waals surface area contributed by atoms with E-state index in [1.807, 2.05) is 82.3 Å². The molecule has 4 rings (SSSR count). The predicted octanol–water partition coefficient (Wildman–Crippen LogP) is 6.70. The molecule has 0 heterocycles. The lowest BCUT2D eigenvalue weighted by Crippen LogP contribution is -2.53. The van der Waals surface area contributed by atoms with Gasteiger partial charge in [-0.2, -0.15) is 0 Å². The summed E-state index contributed by atoms with van der Waals surface area (Å²) in [4.78, 5) is 29.3. The lowest BCUT2D eigenvalue weighted by molar-refractivity contribution is -0.140. The highest BCUT2D eigenvalue weighted by atomic mass is 32.2. The van der Waals surface area contributed by atoms with Crippen LogP contribution in [0.5, 0.6) is 11.5 Å². The Balaban J connectivity index is 1.72. The standard InChI is InChI=1S/C36H41N3O5S/c1-5-28(4)37-36(41)34(6-2)38(25-29-16-14-13-15-27(29)3)35(40)26-39(45(42,43)33-19-11-8-12-20-33)30-21-23-32(24-22-30)44-31-17-9-7-10-18-31/h7-24,28,34H,5-6,25-26H2,1-4H3,(H,37,41)/t28-,34+/m0/s1. The molecule has 2 atom stereocenters. The average molecular weight is 628 g/mol. The second-order valence-corrected chi connectivity index (χ2v) is 12.8. The Hall–Kier alpha value is -4.63. The molecule has 0 aliphatic rings. The maximum absolute atomic E-state index is 14.3. The predicted molar refractivity (Wildman–Crippen MR) is 178 cm³/mol. The Bertz CT molecular complexity index is 1660. The molecule has 4 aromatic rings. The van der Waals surface area contributed by atoms with E-state index in [2.05, 4.69) is 5.32 Å². The fourth-order valence-electron chi connectivity index (χ4n) is 4.89. The minimum Gasteiger partial charge on any atom is -0.457 e. The summed E-state index contributed by atoms with van der Waals surface area (Å²) in [5.74, 6) is 0.395. The van der Waals surface area contributed by atoms with Crippen molar-refractivity contribution in [1.82, 2.24) is 10.2 Å². The summed E-state index contributed by atoms with van der Waals surface area (Å²) in [6.07, 6.45) is 1.10. The van der Waals surface area contributed by atoms with Crippen LogP contribution in [-0.2, 0) is 26.2 Å². The van der Waals surface area contributed by atoms with Crippen molar-refractivity contribution in [2.24, 2.45) is 0 Å². The molecule has 0 aromatic heterocycles. The Morgan fingerprint density at radius 3 is 1.96 bits per heavy atom. The van der Waals surface area contributed by atoms with Crippen molar-refractivity contribution >= 4 is 27.5 Å². The normalized spacial score (nSPS) is 12.5. The van der Waals surface area contributed by atoms with Gasteiger partial charge in [-0.15, -0.1) is 0 Å².